The number of anilines is 1. The lowest BCUT2D eigenvalue weighted by Crippen LogP contribution is -2.35. The van der Waals surface area contributed by atoms with Crippen molar-refractivity contribution >= 4 is 39.6 Å². The van der Waals surface area contributed by atoms with Crippen molar-refractivity contribution in [3.05, 3.63) is 33.5 Å². The molecule has 0 aliphatic carbocycles. The molecule has 0 spiro atoms. The highest BCUT2D eigenvalue weighted by Crippen LogP contribution is 2.25. The van der Waals surface area contributed by atoms with Gasteiger partial charge in [-0.1, -0.05) is 6.07 Å². The topological polar surface area (TPSA) is 65.5 Å². The molecule has 1 saturated heterocycles. The lowest BCUT2D eigenvalue weighted by atomic mass is 10.2. The number of nitrogens with one attached hydrogen (secondary N) is 1. The Morgan fingerprint density at radius 1 is 1.44 bits per heavy atom. The minimum Gasteiger partial charge on any atom is -0.354 e. The Morgan fingerprint density at radius 2 is 2.28 bits per heavy atom. The van der Waals surface area contributed by atoms with Crippen molar-refractivity contribution in [2.75, 3.05) is 32.1 Å². The van der Waals surface area contributed by atoms with Crippen LogP contribution < -0.4 is 10.2 Å². The summed E-state index contributed by atoms with van der Waals surface area (Å²) < 4.78 is 0. The zero-order valence-corrected chi connectivity index (χ0v) is 16.0. The molecule has 0 saturated carbocycles. The summed E-state index contributed by atoms with van der Waals surface area (Å²) in [6.45, 7) is 1.29. The highest BCUT2D eigenvalue weighted by atomic mass is 32.1. The zero-order chi connectivity index (χ0) is 17.8. The molecule has 0 bridgehead atoms. The molecule has 2 amide bonds. The summed E-state index contributed by atoms with van der Waals surface area (Å²) in [6, 6.07) is 4.27. The molecule has 1 aliphatic heterocycles. The van der Waals surface area contributed by atoms with Crippen LogP contribution in [-0.2, 0) is 16.0 Å². The average molecular weight is 379 g/mol. The van der Waals surface area contributed by atoms with E-state index in [0.29, 0.717) is 18.1 Å². The molecule has 6 nitrogen and oxygen atoms in total. The van der Waals surface area contributed by atoms with E-state index in [9.17, 15) is 9.59 Å². The van der Waals surface area contributed by atoms with Crippen molar-refractivity contribution in [1.82, 2.24) is 15.2 Å². The minimum atomic E-state index is -0.0481. The summed E-state index contributed by atoms with van der Waals surface area (Å²) in [5, 5.41) is 7.61. The Labute approximate surface area is 155 Å². The maximum absolute atomic E-state index is 12.3. The number of likely N-dealkylation sites (N-methyl/N-ethyl adjacent to an activating group) is 1. The lowest BCUT2D eigenvalue weighted by molar-refractivity contribution is -0.120. The van der Waals surface area contributed by atoms with E-state index in [-0.39, 0.29) is 24.3 Å². The number of carbonyl (C=O) groups excluding carboxylic acids is 2. The van der Waals surface area contributed by atoms with E-state index in [0.717, 1.165) is 18.7 Å². The first kappa shape index (κ1) is 18.0. The van der Waals surface area contributed by atoms with Gasteiger partial charge in [0.25, 0.3) is 0 Å². The van der Waals surface area contributed by atoms with Crippen LogP contribution in [0.15, 0.2) is 22.9 Å². The Balaban J connectivity index is 1.54. The van der Waals surface area contributed by atoms with E-state index >= 15 is 0 Å². The van der Waals surface area contributed by atoms with Crippen molar-refractivity contribution in [2.45, 2.75) is 25.3 Å². The quantitative estimate of drug-likeness (QED) is 0.803. The summed E-state index contributed by atoms with van der Waals surface area (Å²) >= 11 is 3.12. The lowest BCUT2D eigenvalue weighted by Gasteiger charge is -2.23. The van der Waals surface area contributed by atoms with Crippen molar-refractivity contribution in [3.8, 4) is 0 Å². The molecule has 134 valence electrons. The maximum atomic E-state index is 12.3. The fraction of sp³-hybridized carbons (Fsp3) is 0.471. The number of thiazole rings is 1. The molecule has 8 heteroatoms. The molecule has 3 rings (SSSR count). The van der Waals surface area contributed by atoms with Gasteiger partial charge >= 0.3 is 0 Å². The fourth-order valence-electron chi connectivity index (χ4n) is 2.81. The summed E-state index contributed by atoms with van der Waals surface area (Å²) in [6.07, 6.45) is 1.70. The smallest absolute Gasteiger partial charge is 0.228 e. The van der Waals surface area contributed by atoms with Crippen molar-refractivity contribution < 1.29 is 9.59 Å². The zero-order valence-electron chi connectivity index (χ0n) is 14.4. The number of carbonyl (C=O) groups is 2. The first-order valence-electron chi connectivity index (χ1n) is 8.26. The van der Waals surface area contributed by atoms with Gasteiger partial charge in [0.2, 0.25) is 11.8 Å². The molecule has 0 radical (unpaired) electrons. The second-order valence-electron chi connectivity index (χ2n) is 6.25. The molecule has 1 aliphatic rings. The van der Waals surface area contributed by atoms with Crippen LogP contribution >= 0.6 is 22.7 Å². The largest absolute Gasteiger partial charge is 0.354 e. The second-order valence-corrected chi connectivity index (χ2v) is 8.06. The van der Waals surface area contributed by atoms with Crippen LogP contribution in [0.3, 0.4) is 0 Å². The van der Waals surface area contributed by atoms with Gasteiger partial charge in [0.1, 0.15) is 0 Å². The number of rotatable bonds is 7. The van der Waals surface area contributed by atoms with E-state index in [1.807, 2.05) is 30.9 Å². The minimum absolute atomic E-state index is 0.0481. The molecule has 3 heterocycles. The SMILES string of the molecule is CN(C)C(CNC(=O)Cc1csc(N2CCCC2=O)n1)c1cccs1. The third kappa shape index (κ3) is 4.45. The monoisotopic (exact) mass is 378 g/mol. The predicted molar refractivity (Wildman–Crippen MR) is 101 cm³/mol. The standard InChI is InChI=1S/C17H22N4O2S2/c1-20(2)13(14-5-4-8-24-14)10-18-15(22)9-12-11-25-17(19-12)21-7-3-6-16(21)23/h4-5,8,11,13H,3,6-7,9-10H2,1-2H3,(H,18,22). The van der Waals surface area contributed by atoms with Crippen LogP contribution in [0.25, 0.3) is 0 Å². The summed E-state index contributed by atoms with van der Waals surface area (Å²) in [5.41, 5.74) is 0.717. The van der Waals surface area contributed by atoms with Crippen LogP contribution in [-0.4, -0.2) is 48.9 Å². The number of aromatic nitrogens is 1. The van der Waals surface area contributed by atoms with Gasteiger partial charge in [-0.3, -0.25) is 14.5 Å². The number of nitrogens with zero attached hydrogens (tertiary/aromatic N) is 3. The van der Waals surface area contributed by atoms with Crippen LogP contribution in [0.4, 0.5) is 5.13 Å². The summed E-state index contributed by atoms with van der Waals surface area (Å²) in [7, 11) is 4.02. The molecular weight excluding hydrogens is 356 g/mol. The summed E-state index contributed by atoms with van der Waals surface area (Å²) in [4.78, 5) is 33.5. The van der Waals surface area contributed by atoms with E-state index in [2.05, 4.69) is 21.3 Å². The van der Waals surface area contributed by atoms with E-state index in [1.165, 1.54) is 16.2 Å². The van der Waals surface area contributed by atoms with Gasteiger partial charge in [0.05, 0.1) is 18.2 Å². The van der Waals surface area contributed by atoms with E-state index < -0.39 is 0 Å². The Hall–Kier alpha value is -1.77. The number of thiophene rings is 1. The van der Waals surface area contributed by atoms with Crippen molar-refractivity contribution in [3.63, 3.8) is 0 Å². The number of amides is 2. The van der Waals surface area contributed by atoms with Crippen LogP contribution in [0, 0.1) is 0 Å². The Bertz CT molecular complexity index is 727. The van der Waals surface area contributed by atoms with Gasteiger partial charge in [-0.25, -0.2) is 4.98 Å². The molecular formula is C17H22N4O2S2. The molecule has 1 N–H and O–H groups in total. The average Bonchev–Trinajstić information content (AvgIpc) is 3.29. The summed E-state index contributed by atoms with van der Waals surface area (Å²) in [5.74, 6) is 0.0723. The van der Waals surface area contributed by atoms with Crippen LogP contribution in [0.5, 0.6) is 0 Å². The van der Waals surface area contributed by atoms with E-state index in [1.54, 1.807) is 16.2 Å². The van der Waals surface area contributed by atoms with Gasteiger partial charge in [-0.2, -0.15) is 0 Å². The van der Waals surface area contributed by atoms with Gasteiger partial charge in [0.15, 0.2) is 5.13 Å². The third-order valence-electron chi connectivity index (χ3n) is 4.17. The maximum Gasteiger partial charge on any atom is 0.228 e. The van der Waals surface area contributed by atoms with Gasteiger partial charge < -0.3 is 10.2 Å². The second kappa shape index (κ2) is 8.07. The number of hydrogen-bond acceptors (Lipinski definition) is 6. The Morgan fingerprint density at radius 3 is 2.92 bits per heavy atom. The molecule has 1 atom stereocenters. The Kier molecular flexibility index (Phi) is 5.82. The third-order valence-corrected chi connectivity index (χ3v) is 6.06. The van der Waals surface area contributed by atoms with Crippen molar-refractivity contribution in [1.29, 1.82) is 0 Å². The molecule has 25 heavy (non-hydrogen) atoms. The van der Waals surface area contributed by atoms with Crippen molar-refractivity contribution in [2.24, 2.45) is 0 Å². The predicted octanol–water partition coefficient (Wildman–Crippen LogP) is 2.29. The van der Waals surface area contributed by atoms with E-state index in [4.69, 9.17) is 0 Å². The molecule has 1 fully saturated rings. The van der Waals surface area contributed by atoms with Gasteiger partial charge in [0, 0.05) is 29.8 Å². The van der Waals surface area contributed by atoms with Crippen LogP contribution in [0.1, 0.15) is 29.5 Å². The fourth-order valence-corrected chi connectivity index (χ4v) is 4.60. The number of hydrogen-bond donors (Lipinski definition) is 1. The first-order valence-corrected chi connectivity index (χ1v) is 10.0. The first-order chi connectivity index (χ1) is 12.0. The highest BCUT2D eigenvalue weighted by molar-refractivity contribution is 7.14. The highest BCUT2D eigenvalue weighted by Gasteiger charge is 2.24. The molecule has 2 aromatic heterocycles. The molecule has 1 unspecified atom stereocenters. The van der Waals surface area contributed by atoms with Gasteiger partial charge in [-0.15, -0.1) is 22.7 Å². The normalized spacial score (nSPS) is 15.8. The van der Waals surface area contributed by atoms with Gasteiger partial charge in [-0.05, 0) is 32.0 Å². The van der Waals surface area contributed by atoms with Crippen LogP contribution in [0.2, 0.25) is 0 Å². The molecule has 2 aromatic rings. The molecule has 0 aromatic carbocycles.